The van der Waals surface area contributed by atoms with Crippen LogP contribution in [0.25, 0.3) is 0 Å². The Bertz CT molecular complexity index is 515. The van der Waals surface area contributed by atoms with Crippen LogP contribution in [-0.4, -0.2) is 51.8 Å². The minimum absolute atomic E-state index is 0.312. The topological polar surface area (TPSA) is 71.8 Å². The van der Waals surface area contributed by atoms with E-state index in [0.29, 0.717) is 19.6 Å². The molecule has 110 valence electrons. The number of anilines is 1. The zero-order chi connectivity index (χ0) is 14.8. The molecule has 0 radical (unpaired) electrons. The number of aromatic nitrogens is 2. The summed E-state index contributed by atoms with van der Waals surface area (Å²) < 4.78 is 7.07. The summed E-state index contributed by atoms with van der Waals surface area (Å²) >= 11 is 0. The molecular formula is C13H21N5O2. The zero-order valence-corrected chi connectivity index (χ0v) is 12.4. The number of ether oxygens (including phenoxy) is 1. The molecule has 0 saturated carbocycles. The molecule has 20 heavy (non-hydrogen) atoms. The Morgan fingerprint density at radius 2 is 2.20 bits per heavy atom. The van der Waals surface area contributed by atoms with Gasteiger partial charge in [-0.3, -0.25) is 14.6 Å². The van der Waals surface area contributed by atoms with E-state index in [9.17, 15) is 4.79 Å². The Morgan fingerprint density at radius 1 is 1.45 bits per heavy atom. The quantitative estimate of drug-likeness (QED) is 0.845. The number of hydrogen-bond donors (Lipinski definition) is 1. The van der Waals surface area contributed by atoms with E-state index in [1.165, 1.54) is 0 Å². The van der Waals surface area contributed by atoms with Gasteiger partial charge in [0.2, 0.25) is 0 Å². The first kappa shape index (κ1) is 14.4. The number of aliphatic imine (C=N–C) groups is 1. The van der Waals surface area contributed by atoms with Gasteiger partial charge >= 0.3 is 6.09 Å². The molecule has 0 aromatic carbocycles. The number of nitrogens with one attached hydrogen (secondary N) is 1. The molecule has 1 N–H and O–H groups in total. The summed E-state index contributed by atoms with van der Waals surface area (Å²) in [6.07, 6.45) is 1.53. The molecule has 0 unspecified atom stereocenters. The van der Waals surface area contributed by atoms with E-state index in [0.717, 1.165) is 11.7 Å². The highest BCUT2D eigenvalue weighted by Crippen LogP contribution is 2.12. The van der Waals surface area contributed by atoms with Crippen molar-refractivity contribution in [3.8, 4) is 0 Å². The van der Waals surface area contributed by atoms with Gasteiger partial charge in [-0.25, -0.2) is 4.79 Å². The van der Waals surface area contributed by atoms with Crippen LogP contribution in [0.3, 0.4) is 0 Å². The van der Waals surface area contributed by atoms with Crippen LogP contribution >= 0.6 is 0 Å². The predicted octanol–water partition coefficient (Wildman–Crippen LogP) is 1.48. The Balaban J connectivity index is 1.94. The van der Waals surface area contributed by atoms with Crippen molar-refractivity contribution in [1.29, 1.82) is 0 Å². The Kier molecular flexibility index (Phi) is 3.96. The molecule has 0 bridgehead atoms. The summed E-state index contributed by atoms with van der Waals surface area (Å²) in [7, 11) is 1.85. The fraction of sp³-hybridized carbons (Fsp3) is 0.615. The number of carbonyl (C=O) groups is 1. The lowest BCUT2D eigenvalue weighted by molar-refractivity contribution is 0.0278. The fourth-order valence-corrected chi connectivity index (χ4v) is 1.81. The lowest BCUT2D eigenvalue weighted by Crippen LogP contribution is -2.45. The van der Waals surface area contributed by atoms with Crippen molar-refractivity contribution in [3.63, 3.8) is 0 Å². The third-order valence-corrected chi connectivity index (χ3v) is 2.65. The van der Waals surface area contributed by atoms with Gasteiger partial charge < -0.3 is 10.1 Å². The Hall–Kier alpha value is -2.05. The number of carbonyl (C=O) groups excluding carboxylic acids is 1. The van der Waals surface area contributed by atoms with Crippen LogP contribution in [0.4, 0.5) is 10.6 Å². The molecule has 1 aliphatic heterocycles. The van der Waals surface area contributed by atoms with Crippen molar-refractivity contribution >= 4 is 17.7 Å². The van der Waals surface area contributed by atoms with Crippen LogP contribution in [0.1, 0.15) is 20.8 Å². The van der Waals surface area contributed by atoms with Gasteiger partial charge in [0, 0.05) is 25.9 Å². The fourth-order valence-electron chi connectivity index (χ4n) is 1.81. The second-order valence-corrected chi connectivity index (χ2v) is 5.73. The van der Waals surface area contributed by atoms with E-state index in [1.54, 1.807) is 9.58 Å². The molecule has 1 amide bonds. The molecule has 0 aliphatic carbocycles. The number of amides is 1. The zero-order valence-electron chi connectivity index (χ0n) is 12.4. The van der Waals surface area contributed by atoms with E-state index in [2.05, 4.69) is 15.4 Å². The molecular weight excluding hydrogens is 258 g/mol. The average molecular weight is 279 g/mol. The van der Waals surface area contributed by atoms with Gasteiger partial charge in [0.25, 0.3) is 0 Å². The van der Waals surface area contributed by atoms with Gasteiger partial charge in [-0.05, 0) is 20.8 Å². The van der Waals surface area contributed by atoms with Crippen molar-refractivity contribution in [2.75, 3.05) is 25.0 Å². The van der Waals surface area contributed by atoms with E-state index in [-0.39, 0.29) is 6.09 Å². The van der Waals surface area contributed by atoms with Crippen LogP contribution in [0, 0.1) is 0 Å². The highest BCUT2D eigenvalue weighted by atomic mass is 16.6. The number of hydrogen-bond acceptors (Lipinski definition) is 5. The maximum absolute atomic E-state index is 12.0. The molecule has 0 saturated heterocycles. The van der Waals surface area contributed by atoms with Crippen LogP contribution < -0.4 is 5.32 Å². The standard InChI is InChI=1S/C13H21N5O2/c1-13(2,3)20-12(19)18-8-6-14-11(9-18)15-10-5-7-17(4)16-10/h5,7H,6,8-9H2,1-4H3,(H,14,15,16). The summed E-state index contributed by atoms with van der Waals surface area (Å²) in [5, 5.41) is 7.34. The third kappa shape index (κ3) is 3.97. The lowest BCUT2D eigenvalue weighted by Gasteiger charge is -2.29. The van der Waals surface area contributed by atoms with Crippen molar-refractivity contribution in [1.82, 2.24) is 14.7 Å². The van der Waals surface area contributed by atoms with Gasteiger partial charge in [0.1, 0.15) is 11.4 Å². The smallest absolute Gasteiger partial charge is 0.410 e. The van der Waals surface area contributed by atoms with Crippen molar-refractivity contribution in [2.45, 2.75) is 26.4 Å². The predicted molar refractivity (Wildman–Crippen MR) is 76.9 cm³/mol. The van der Waals surface area contributed by atoms with Gasteiger partial charge in [0.15, 0.2) is 5.82 Å². The van der Waals surface area contributed by atoms with Gasteiger partial charge in [-0.15, -0.1) is 0 Å². The molecule has 0 fully saturated rings. The molecule has 1 aromatic heterocycles. The number of amidine groups is 1. The molecule has 2 heterocycles. The number of aryl methyl sites for hydroxylation is 1. The Morgan fingerprint density at radius 3 is 2.80 bits per heavy atom. The summed E-state index contributed by atoms with van der Waals surface area (Å²) in [5.41, 5.74) is -0.486. The van der Waals surface area contributed by atoms with Crippen molar-refractivity contribution in [3.05, 3.63) is 12.3 Å². The van der Waals surface area contributed by atoms with E-state index in [1.807, 2.05) is 40.1 Å². The van der Waals surface area contributed by atoms with Gasteiger partial charge in [0.05, 0.1) is 13.1 Å². The molecule has 1 aliphatic rings. The van der Waals surface area contributed by atoms with Crippen molar-refractivity contribution < 1.29 is 9.53 Å². The largest absolute Gasteiger partial charge is 0.444 e. The van der Waals surface area contributed by atoms with Crippen LogP contribution in [0.2, 0.25) is 0 Å². The second-order valence-electron chi connectivity index (χ2n) is 5.73. The molecule has 0 spiro atoms. The molecule has 7 heteroatoms. The number of nitrogens with zero attached hydrogens (tertiary/aromatic N) is 4. The molecule has 7 nitrogen and oxygen atoms in total. The van der Waals surface area contributed by atoms with Crippen LogP contribution in [-0.2, 0) is 11.8 Å². The molecule has 1 aromatic rings. The summed E-state index contributed by atoms with van der Waals surface area (Å²) in [6, 6.07) is 1.86. The monoisotopic (exact) mass is 279 g/mol. The van der Waals surface area contributed by atoms with Gasteiger partial charge in [-0.2, -0.15) is 5.10 Å². The van der Waals surface area contributed by atoms with Crippen molar-refractivity contribution in [2.24, 2.45) is 12.0 Å². The summed E-state index contributed by atoms with van der Waals surface area (Å²) in [4.78, 5) is 18.0. The lowest BCUT2D eigenvalue weighted by atomic mass is 10.2. The summed E-state index contributed by atoms with van der Waals surface area (Å²) in [6.45, 7) is 7.12. The maximum Gasteiger partial charge on any atom is 0.410 e. The van der Waals surface area contributed by atoms with E-state index >= 15 is 0 Å². The minimum Gasteiger partial charge on any atom is -0.444 e. The molecule has 0 atom stereocenters. The Labute approximate surface area is 118 Å². The maximum atomic E-state index is 12.0. The first-order chi connectivity index (χ1) is 9.33. The molecule has 2 rings (SSSR count). The SMILES string of the molecule is Cn1ccc(NC2=NCCN(C(=O)OC(C)(C)C)C2)n1. The van der Waals surface area contributed by atoms with E-state index in [4.69, 9.17) is 4.74 Å². The number of rotatable bonds is 1. The first-order valence-corrected chi connectivity index (χ1v) is 6.61. The van der Waals surface area contributed by atoms with Crippen LogP contribution in [0.5, 0.6) is 0 Å². The van der Waals surface area contributed by atoms with Gasteiger partial charge in [-0.1, -0.05) is 0 Å². The average Bonchev–Trinajstić information content (AvgIpc) is 2.73. The minimum atomic E-state index is -0.486. The highest BCUT2D eigenvalue weighted by Gasteiger charge is 2.25. The van der Waals surface area contributed by atoms with Crippen LogP contribution in [0.15, 0.2) is 17.3 Å². The first-order valence-electron chi connectivity index (χ1n) is 6.61. The summed E-state index contributed by atoms with van der Waals surface area (Å²) in [5.74, 6) is 1.44. The highest BCUT2D eigenvalue weighted by molar-refractivity contribution is 5.98. The van der Waals surface area contributed by atoms with E-state index < -0.39 is 5.60 Å². The third-order valence-electron chi connectivity index (χ3n) is 2.65. The normalized spacial score (nSPS) is 15.8. The second kappa shape index (κ2) is 5.52.